The minimum atomic E-state index is 1.22. The van der Waals surface area contributed by atoms with E-state index >= 15 is 0 Å². The van der Waals surface area contributed by atoms with E-state index in [0.29, 0.717) is 0 Å². The van der Waals surface area contributed by atoms with Crippen molar-refractivity contribution < 1.29 is 0 Å². The van der Waals surface area contributed by atoms with E-state index in [1.165, 1.54) is 22.3 Å². The fourth-order valence-electron chi connectivity index (χ4n) is 1.93. The summed E-state index contributed by atoms with van der Waals surface area (Å²) in [5.41, 5.74) is 4.98. The molecular weight excluding hydrogens is 192 g/mol. The third kappa shape index (κ3) is 1.59. The van der Waals surface area contributed by atoms with Crippen LogP contribution < -0.4 is 0 Å². The fraction of sp³-hybridized carbons (Fsp3) is 0. The van der Waals surface area contributed by atoms with E-state index in [1.807, 2.05) is 12.1 Å². The first kappa shape index (κ1) is 9.17. The van der Waals surface area contributed by atoms with Gasteiger partial charge in [-0.2, -0.15) is 0 Å². The molecule has 0 atom stereocenters. The minimum absolute atomic E-state index is 1.22. The second-order valence-electron chi connectivity index (χ2n) is 3.85. The Balaban J connectivity index is 2.18. The van der Waals surface area contributed by atoms with E-state index in [9.17, 15) is 0 Å². The third-order valence-electron chi connectivity index (χ3n) is 2.81. The van der Waals surface area contributed by atoms with E-state index in [-0.39, 0.29) is 0 Å². The van der Waals surface area contributed by atoms with Crippen LogP contribution in [-0.4, -0.2) is 0 Å². The van der Waals surface area contributed by atoms with Crippen LogP contribution in [-0.2, 0) is 0 Å². The van der Waals surface area contributed by atoms with Crippen LogP contribution >= 0.6 is 0 Å². The standard InChI is InChI=1S/C16H11/c1-2-6-14-11-12-16-8-4-3-7-15(16)10-9-13(14)5-1/h1-3,5-12H/b10-9-,12-11-,13-9?,14-11?,15-10?,16-12?. The molecule has 0 amide bonds. The lowest BCUT2D eigenvalue weighted by molar-refractivity contribution is 1.57. The van der Waals surface area contributed by atoms with Gasteiger partial charge in [0.1, 0.15) is 0 Å². The Bertz CT molecular complexity index is 471. The fourth-order valence-corrected chi connectivity index (χ4v) is 1.93. The van der Waals surface area contributed by atoms with Gasteiger partial charge in [-0.25, -0.2) is 0 Å². The van der Waals surface area contributed by atoms with Crippen molar-refractivity contribution in [2.75, 3.05) is 0 Å². The molecule has 0 unspecified atom stereocenters. The zero-order valence-corrected chi connectivity index (χ0v) is 8.85. The molecule has 0 aromatic heterocycles. The van der Waals surface area contributed by atoms with Crippen molar-refractivity contribution in [2.24, 2.45) is 0 Å². The van der Waals surface area contributed by atoms with Gasteiger partial charge >= 0.3 is 0 Å². The maximum Gasteiger partial charge on any atom is -0.0177 e. The largest absolute Gasteiger partial charge is 0.0616 e. The van der Waals surface area contributed by atoms with Crippen molar-refractivity contribution in [3.05, 3.63) is 70.8 Å². The van der Waals surface area contributed by atoms with Crippen molar-refractivity contribution in [3.63, 3.8) is 0 Å². The normalized spacial score (nSPS) is 16.5. The Morgan fingerprint density at radius 2 is 1.19 bits per heavy atom. The summed E-state index contributed by atoms with van der Waals surface area (Å²) in [6, 6.07) is 17.6. The third-order valence-corrected chi connectivity index (χ3v) is 2.81. The molecule has 0 bridgehead atoms. The molecule has 2 aromatic carbocycles. The van der Waals surface area contributed by atoms with Crippen molar-refractivity contribution in [3.8, 4) is 0 Å². The van der Waals surface area contributed by atoms with Gasteiger partial charge in [0.25, 0.3) is 0 Å². The van der Waals surface area contributed by atoms with E-state index in [4.69, 9.17) is 0 Å². The van der Waals surface area contributed by atoms with Crippen LogP contribution in [0.1, 0.15) is 22.3 Å². The van der Waals surface area contributed by atoms with Gasteiger partial charge < -0.3 is 0 Å². The molecule has 16 heavy (non-hydrogen) atoms. The van der Waals surface area contributed by atoms with Gasteiger partial charge in [0.05, 0.1) is 0 Å². The Morgan fingerprint density at radius 3 is 1.88 bits per heavy atom. The van der Waals surface area contributed by atoms with Crippen molar-refractivity contribution in [2.45, 2.75) is 0 Å². The molecule has 0 spiro atoms. The quantitative estimate of drug-likeness (QED) is 0.515. The van der Waals surface area contributed by atoms with Crippen LogP contribution in [0.2, 0.25) is 0 Å². The summed E-state index contributed by atoms with van der Waals surface area (Å²) in [6.45, 7) is 0. The molecule has 1 aliphatic rings. The lowest BCUT2D eigenvalue weighted by Crippen LogP contribution is -1.85. The maximum absolute atomic E-state index is 3.11. The summed E-state index contributed by atoms with van der Waals surface area (Å²) >= 11 is 0. The Kier molecular flexibility index (Phi) is 2.19. The van der Waals surface area contributed by atoms with Crippen LogP contribution in [0.3, 0.4) is 0 Å². The predicted molar refractivity (Wildman–Crippen MR) is 69.6 cm³/mol. The number of rotatable bonds is 0. The summed E-state index contributed by atoms with van der Waals surface area (Å²) in [6.07, 6.45) is 8.63. The molecule has 0 N–H and O–H groups in total. The number of benzene rings is 2. The highest BCUT2D eigenvalue weighted by molar-refractivity contribution is 5.85. The Labute approximate surface area is 95.6 Å². The Hall–Kier alpha value is -2.08. The molecule has 2 aromatic rings. The van der Waals surface area contributed by atoms with Gasteiger partial charge in [-0.15, -0.1) is 0 Å². The summed E-state index contributed by atoms with van der Waals surface area (Å²) < 4.78 is 0. The monoisotopic (exact) mass is 203 g/mol. The van der Waals surface area contributed by atoms with Gasteiger partial charge in [-0.1, -0.05) is 60.7 Å². The van der Waals surface area contributed by atoms with Crippen LogP contribution in [0.5, 0.6) is 0 Å². The molecule has 0 nitrogen and oxygen atoms in total. The topological polar surface area (TPSA) is 0 Å². The van der Waals surface area contributed by atoms with E-state index in [1.54, 1.807) is 0 Å². The highest BCUT2D eigenvalue weighted by Gasteiger charge is 2.00. The lowest BCUT2D eigenvalue weighted by atomic mass is 9.99. The summed E-state index contributed by atoms with van der Waals surface area (Å²) in [7, 11) is 0. The smallest absolute Gasteiger partial charge is 0.0177 e. The highest BCUT2D eigenvalue weighted by Crippen LogP contribution is 2.22. The van der Waals surface area contributed by atoms with Crippen LogP contribution in [0, 0.1) is 6.07 Å². The second-order valence-corrected chi connectivity index (χ2v) is 3.85. The van der Waals surface area contributed by atoms with Gasteiger partial charge in [-0.05, 0) is 34.4 Å². The molecule has 0 aliphatic heterocycles. The number of fused-ring (bicyclic) bond motifs is 2. The molecule has 0 fully saturated rings. The van der Waals surface area contributed by atoms with Gasteiger partial charge in [0.15, 0.2) is 0 Å². The second kappa shape index (κ2) is 3.82. The molecule has 0 saturated heterocycles. The van der Waals surface area contributed by atoms with E-state index in [2.05, 4.69) is 60.7 Å². The van der Waals surface area contributed by atoms with Crippen molar-refractivity contribution >= 4 is 24.3 Å². The lowest BCUT2D eigenvalue weighted by Gasteiger charge is -2.06. The molecule has 0 heterocycles. The first-order chi connectivity index (χ1) is 7.93. The number of hydrogen-bond acceptors (Lipinski definition) is 0. The predicted octanol–water partition coefficient (Wildman–Crippen LogP) is 4.14. The zero-order valence-electron chi connectivity index (χ0n) is 8.85. The van der Waals surface area contributed by atoms with Crippen LogP contribution in [0.4, 0.5) is 0 Å². The van der Waals surface area contributed by atoms with Gasteiger partial charge in [0, 0.05) is 0 Å². The zero-order chi connectivity index (χ0) is 10.8. The summed E-state index contributed by atoms with van der Waals surface area (Å²) in [5.74, 6) is 0. The molecule has 1 radical (unpaired) electrons. The SMILES string of the molecule is [c]1ccc2c(c1)/C=C\c1ccccc1/C=C\2. The van der Waals surface area contributed by atoms with Crippen LogP contribution in [0.15, 0.2) is 42.5 Å². The van der Waals surface area contributed by atoms with Crippen LogP contribution in [0.25, 0.3) is 24.3 Å². The molecule has 0 heteroatoms. The summed E-state index contributed by atoms with van der Waals surface area (Å²) in [4.78, 5) is 0. The van der Waals surface area contributed by atoms with E-state index in [0.717, 1.165) is 0 Å². The average molecular weight is 203 g/mol. The molecule has 0 saturated carbocycles. The first-order valence-electron chi connectivity index (χ1n) is 5.39. The Morgan fingerprint density at radius 1 is 0.625 bits per heavy atom. The van der Waals surface area contributed by atoms with Gasteiger partial charge in [-0.3, -0.25) is 0 Å². The highest BCUT2D eigenvalue weighted by atomic mass is 14.0. The molecule has 75 valence electrons. The van der Waals surface area contributed by atoms with Gasteiger partial charge in [0.2, 0.25) is 0 Å². The van der Waals surface area contributed by atoms with Crippen molar-refractivity contribution in [1.29, 1.82) is 0 Å². The summed E-state index contributed by atoms with van der Waals surface area (Å²) in [5, 5.41) is 0. The molecule has 1 aliphatic carbocycles. The van der Waals surface area contributed by atoms with E-state index < -0.39 is 0 Å². The molecule has 3 rings (SSSR count). The average Bonchev–Trinajstić information content (AvgIpc) is 2.32. The minimum Gasteiger partial charge on any atom is -0.0616 e. The number of hydrogen-bond donors (Lipinski definition) is 0. The maximum atomic E-state index is 3.11. The van der Waals surface area contributed by atoms with Crippen molar-refractivity contribution in [1.82, 2.24) is 0 Å². The first-order valence-corrected chi connectivity index (χ1v) is 5.39. The molecular formula is C16H11.